The van der Waals surface area contributed by atoms with Crippen LogP contribution in [0.2, 0.25) is 0 Å². The van der Waals surface area contributed by atoms with Crippen LogP contribution in [-0.4, -0.2) is 60.6 Å². The third kappa shape index (κ3) is 2.86. The monoisotopic (exact) mass is 349 g/mol. The molecule has 0 aliphatic carbocycles. The summed E-state index contributed by atoms with van der Waals surface area (Å²) in [5, 5.41) is 2.98. The minimum Gasteiger partial charge on any atom is -0.454 e. The predicted molar refractivity (Wildman–Crippen MR) is 89.5 cm³/mol. The number of hydrogen-bond donors (Lipinski definition) is 1. The molecular formula is C16H19N3O4S. The quantitative estimate of drug-likeness (QED) is 0.840. The molecule has 0 bridgehead atoms. The molecule has 1 aromatic carbocycles. The minimum absolute atomic E-state index is 0.183. The van der Waals surface area contributed by atoms with Gasteiger partial charge in [0.15, 0.2) is 11.5 Å². The van der Waals surface area contributed by atoms with Crippen molar-refractivity contribution in [3.8, 4) is 11.5 Å². The van der Waals surface area contributed by atoms with E-state index in [0.717, 1.165) is 23.7 Å². The summed E-state index contributed by atoms with van der Waals surface area (Å²) < 4.78 is 10.8. The van der Waals surface area contributed by atoms with E-state index in [1.54, 1.807) is 4.90 Å². The van der Waals surface area contributed by atoms with E-state index in [2.05, 4.69) is 11.4 Å². The van der Waals surface area contributed by atoms with Crippen molar-refractivity contribution in [2.24, 2.45) is 0 Å². The van der Waals surface area contributed by atoms with Gasteiger partial charge in [0.25, 0.3) is 0 Å². The van der Waals surface area contributed by atoms with Crippen LogP contribution in [0, 0.1) is 0 Å². The number of hydrogen-bond acceptors (Lipinski definition) is 5. The maximum Gasteiger partial charge on any atom is 0.328 e. The average molecular weight is 349 g/mol. The lowest BCUT2D eigenvalue weighted by molar-refractivity contribution is 0.166. The zero-order valence-corrected chi connectivity index (χ0v) is 14.0. The van der Waals surface area contributed by atoms with Crippen LogP contribution in [0.25, 0.3) is 0 Å². The van der Waals surface area contributed by atoms with Gasteiger partial charge in [-0.05, 0) is 24.1 Å². The number of nitrogens with zero attached hydrogens (tertiary/aromatic N) is 2. The van der Waals surface area contributed by atoms with Crippen molar-refractivity contribution >= 4 is 23.8 Å². The fourth-order valence-electron chi connectivity index (χ4n) is 3.17. The molecule has 3 heterocycles. The van der Waals surface area contributed by atoms with Crippen molar-refractivity contribution < 1.29 is 19.1 Å². The molecule has 7 nitrogen and oxygen atoms in total. The highest BCUT2D eigenvalue weighted by atomic mass is 32.2. The van der Waals surface area contributed by atoms with Crippen LogP contribution in [0.15, 0.2) is 18.2 Å². The van der Waals surface area contributed by atoms with Crippen molar-refractivity contribution in [3.63, 3.8) is 0 Å². The number of carbonyl (C=O) groups excluding carboxylic acids is 2. The number of nitrogens with one attached hydrogen (secondary N) is 1. The molecule has 2 saturated heterocycles. The average Bonchev–Trinajstić information content (AvgIpc) is 3.15. The van der Waals surface area contributed by atoms with Crippen LogP contribution in [0.4, 0.5) is 9.59 Å². The van der Waals surface area contributed by atoms with Gasteiger partial charge in [-0.2, -0.15) is 11.8 Å². The van der Waals surface area contributed by atoms with Crippen molar-refractivity contribution in [3.05, 3.63) is 23.8 Å². The molecule has 0 saturated carbocycles. The maximum atomic E-state index is 12.5. The molecule has 4 rings (SSSR count). The van der Waals surface area contributed by atoms with Crippen molar-refractivity contribution in [2.45, 2.75) is 11.7 Å². The van der Waals surface area contributed by atoms with Gasteiger partial charge in [0.1, 0.15) is 0 Å². The smallest absolute Gasteiger partial charge is 0.328 e. The molecule has 24 heavy (non-hydrogen) atoms. The molecule has 0 aromatic heterocycles. The summed E-state index contributed by atoms with van der Waals surface area (Å²) in [4.78, 5) is 27.3. The van der Waals surface area contributed by atoms with E-state index >= 15 is 0 Å². The highest BCUT2D eigenvalue weighted by Gasteiger charge is 2.31. The highest BCUT2D eigenvalue weighted by molar-refractivity contribution is 7.99. The van der Waals surface area contributed by atoms with Gasteiger partial charge in [0, 0.05) is 37.2 Å². The van der Waals surface area contributed by atoms with Crippen LogP contribution in [0.3, 0.4) is 0 Å². The summed E-state index contributed by atoms with van der Waals surface area (Å²) in [5.41, 5.74) is 1.19. The molecule has 1 N–H and O–H groups in total. The molecule has 3 aliphatic heterocycles. The van der Waals surface area contributed by atoms with Gasteiger partial charge in [-0.1, -0.05) is 6.07 Å². The van der Waals surface area contributed by atoms with Gasteiger partial charge < -0.3 is 19.7 Å². The lowest BCUT2D eigenvalue weighted by Crippen LogP contribution is -2.45. The molecule has 1 aromatic rings. The normalized spacial score (nSPS) is 23.2. The number of amides is 4. The number of fused-ring (bicyclic) bond motifs is 1. The first-order valence-electron chi connectivity index (χ1n) is 8.08. The first kappa shape index (κ1) is 15.4. The van der Waals surface area contributed by atoms with Gasteiger partial charge >= 0.3 is 12.1 Å². The number of ether oxygens (including phenoxy) is 2. The summed E-state index contributed by atoms with van der Waals surface area (Å²) in [6, 6.07) is 5.57. The number of benzene rings is 1. The maximum absolute atomic E-state index is 12.5. The largest absolute Gasteiger partial charge is 0.454 e. The summed E-state index contributed by atoms with van der Waals surface area (Å²) >= 11 is 1.84. The van der Waals surface area contributed by atoms with E-state index in [1.807, 2.05) is 23.9 Å². The third-order valence-electron chi connectivity index (χ3n) is 4.47. The number of thioether (sulfide) groups is 1. The van der Waals surface area contributed by atoms with E-state index in [9.17, 15) is 9.59 Å². The number of carbonyl (C=O) groups is 2. The molecule has 3 aliphatic rings. The Bertz CT molecular complexity index is 669. The highest BCUT2D eigenvalue weighted by Crippen LogP contribution is 2.40. The summed E-state index contributed by atoms with van der Waals surface area (Å²) in [5.74, 6) is 2.42. The lowest BCUT2D eigenvalue weighted by atomic mass is 10.1. The standard InChI is InChI=1S/C16H19N3O4S/c20-15-17-4-6-19(15)16(21)18-5-3-14(24-8-7-18)11-1-2-12-13(9-11)23-10-22-12/h1-2,9,14H,3-8,10H2,(H,17,20). The van der Waals surface area contributed by atoms with Crippen LogP contribution in [0.5, 0.6) is 11.5 Å². The zero-order valence-electron chi connectivity index (χ0n) is 13.2. The van der Waals surface area contributed by atoms with Crippen LogP contribution < -0.4 is 14.8 Å². The Morgan fingerprint density at radius 2 is 2.08 bits per heavy atom. The molecular weight excluding hydrogens is 330 g/mol. The number of rotatable bonds is 1. The van der Waals surface area contributed by atoms with Crippen LogP contribution in [-0.2, 0) is 0 Å². The van der Waals surface area contributed by atoms with E-state index in [-0.39, 0.29) is 18.9 Å². The first-order valence-corrected chi connectivity index (χ1v) is 9.12. The molecule has 0 radical (unpaired) electrons. The topological polar surface area (TPSA) is 71.1 Å². The van der Waals surface area contributed by atoms with Crippen LogP contribution >= 0.6 is 11.8 Å². The number of imide groups is 1. The molecule has 8 heteroatoms. The second-order valence-corrected chi connectivity index (χ2v) is 7.22. The fourth-order valence-corrected chi connectivity index (χ4v) is 4.39. The second kappa shape index (κ2) is 6.43. The minimum atomic E-state index is -0.288. The van der Waals surface area contributed by atoms with Crippen molar-refractivity contribution in [1.29, 1.82) is 0 Å². The molecule has 4 amide bonds. The third-order valence-corrected chi connectivity index (χ3v) is 5.80. The van der Waals surface area contributed by atoms with E-state index < -0.39 is 0 Å². The predicted octanol–water partition coefficient (Wildman–Crippen LogP) is 2.04. The Hall–Kier alpha value is -2.09. The van der Waals surface area contributed by atoms with E-state index in [4.69, 9.17) is 9.47 Å². The molecule has 2 fully saturated rings. The van der Waals surface area contributed by atoms with Gasteiger partial charge in [-0.3, -0.25) is 0 Å². The SMILES string of the molecule is O=C1NCCN1C(=O)N1CCSC(c2ccc3c(c2)OCO3)CC1. The fraction of sp³-hybridized carbons (Fsp3) is 0.500. The molecule has 0 spiro atoms. The van der Waals surface area contributed by atoms with Crippen molar-refractivity contribution in [2.75, 3.05) is 38.7 Å². The van der Waals surface area contributed by atoms with Crippen molar-refractivity contribution in [1.82, 2.24) is 15.1 Å². The summed E-state index contributed by atoms with van der Waals surface area (Å²) in [6.07, 6.45) is 0.853. The van der Waals surface area contributed by atoms with E-state index in [0.29, 0.717) is 31.4 Å². The van der Waals surface area contributed by atoms with Gasteiger partial charge in [0.2, 0.25) is 6.79 Å². The molecule has 1 atom stereocenters. The van der Waals surface area contributed by atoms with Gasteiger partial charge in [-0.15, -0.1) is 0 Å². The zero-order chi connectivity index (χ0) is 16.5. The molecule has 128 valence electrons. The van der Waals surface area contributed by atoms with Crippen LogP contribution in [0.1, 0.15) is 17.2 Å². The number of urea groups is 2. The lowest BCUT2D eigenvalue weighted by Gasteiger charge is -2.24. The Morgan fingerprint density at radius 1 is 1.21 bits per heavy atom. The second-order valence-electron chi connectivity index (χ2n) is 5.91. The van der Waals surface area contributed by atoms with E-state index in [1.165, 1.54) is 10.5 Å². The Labute approximate surface area is 144 Å². The first-order chi connectivity index (χ1) is 11.7. The van der Waals surface area contributed by atoms with Gasteiger partial charge in [0.05, 0.1) is 0 Å². The Kier molecular flexibility index (Phi) is 4.13. The summed E-state index contributed by atoms with van der Waals surface area (Å²) in [7, 11) is 0. The van der Waals surface area contributed by atoms with Gasteiger partial charge in [-0.25, -0.2) is 14.5 Å². The Morgan fingerprint density at radius 3 is 2.92 bits per heavy atom. The molecule has 1 unspecified atom stereocenters. The summed E-state index contributed by atoms with van der Waals surface area (Å²) in [6.45, 7) is 2.57. The Balaban J connectivity index is 1.43.